The van der Waals surface area contributed by atoms with Crippen LogP contribution in [0.3, 0.4) is 0 Å². The fourth-order valence-corrected chi connectivity index (χ4v) is 1.89. The lowest BCUT2D eigenvalue weighted by atomic mass is 10.1. The van der Waals surface area contributed by atoms with Crippen molar-refractivity contribution in [3.8, 4) is 0 Å². The minimum atomic E-state index is -0.432. The maximum absolute atomic E-state index is 11.5. The van der Waals surface area contributed by atoms with Gasteiger partial charge in [-0.3, -0.25) is 4.79 Å². The third-order valence-electron chi connectivity index (χ3n) is 2.76. The number of aromatic nitrogens is 1. The standard InChI is InChI=1S/C14H24N2O2/c1-12(2)10-13(17)11-15-14(18)6-5-9-16-7-3-4-8-16/h3-4,7-8,12-13,17H,5-6,9-11H2,1-2H3,(H,15,18). The Morgan fingerprint density at radius 3 is 2.61 bits per heavy atom. The molecule has 0 radical (unpaired) electrons. The molecule has 1 atom stereocenters. The van der Waals surface area contributed by atoms with Crippen LogP contribution in [0.2, 0.25) is 0 Å². The predicted octanol–water partition coefficient (Wildman–Crippen LogP) is 1.79. The van der Waals surface area contributed by atoms with E-state index in [1.807, 2.05) is 24.5 Å². The van der Waals surface area contributed by atoms with Crippen molar-refractivity contribution in [2.24, 2.45) is 5.92 Å². The van der Waals surface area contributed by atoms with Crippen molar-refractivity contribution in [1.29, 1.82) is 0 Å². The molecule has 1 rings (SSSR count). The lowest BCUT2D eigenvalue weighted by Gasteiger charge is -2.13. The van der Waals surface area contributed by atoms with Crippen LogP contribution in [0, 0.1) is 5.92 Å². The molecule has 0 aliphatic heterocycles. The zero-order valence-corrected chi connectivity index (χ0v) is 11.3. The normalized spacial score (nSPS) is 12.7. The van der Waals surface area contributed by atoms with Gasteiger partial charge in [-0.1, -0.05) is 13.8 Å². The molecule has 0 aromatic carbocycles. The van der Waals surface area contributed by atoms with E-state index in [1.54, 1.807) is 0 Å². The van der Waals surface area contributed by atoms with Crippen LogP contribution in [-0.2, 0) is 11.3 Å². The Labute approximate surface area is 109 Å². The van der Waals surface area contributed by atoms with Crippen LogP contribution >= 0.6 is 0 Å². The topological polar surface area (TPSA) is 54.3 Å². The summed E-state index contributed by atoms with van der Waals surface area (Å²) < 4.78 is 2.06. The van der Waals surface area contributed by atoms with Crippen LogP contribution in [0.15, 0.2) is 24.5 Å². The third-order valence-corrected chi connectivity index (χ3v) is 2.76. The van der Waals surface area contributed by atoms with Crippen LogP contribution in [0.1, 0.15) is 33.1 Å². The molecule has 1 aromatic rings. The number of hydrogen-bond acceptors (Lipinski definition) is 2. The first-order valence-corrected chi connectivity index (χ1v) is 6.63. The molecule has 1 amide bonds. The summed E-state index contributed by atoms with van der Waals surface area (Å²) in [5.41, 5.74) is 0. The smallest absolute Gasteiger partial charge is 0.220 e. The molecule has 0 fully saturated rings. The van der Waals surface area contributed by atoms with Gasteiger partial charge in [0, 0.05) is 31.9 Å². The molecule has 0 saturated heterocycles. The van der Waals surface area contributed by atoms with Crippen LogP contribution < -0.4 is 5.32 Å². The summed E-state index contributed by atoms with van der Waals surface area (Å²) in [6.07, 6.45) is 5.60. The Morgan fingerprint density at radius 2 is 2.00 bits per heavy atom. The van der Waals surface area contributed by atoms with E-state index in [-0.39, 0.29) is 5.91 Å². The van der Waals surface area contributed by atoms with Crippen molar-refractivity contribution >= 4 is 5.91 Å². The van der Waals surface area contributed by atoms with E-state index in [0.717, 1.165) is 19.4 Å². The van der Waals surface area contributed by atoms with Gasteiger partial charge in [-0.25, -0.2) is 0 Å². The van der Waals surface area contributed by atoms with Crippen molar-refractivity contribution in [2.45, 2.75) is 45.8 Å². The summed E-state index contributed by atoms with van der Waals surface area (Å²) in [5.74, 6) is 0.468. The highest BCUT2D eigenvalue weighted by atomic mass is 16.3. The lowest BCUT2D eigenvalue weighted by molar-refractivity contribution is -0.121. The number of aryl methyl sites for hydroxylation is 1. The fourth-order valence-electron chi connectivity index (χ4n) is 1.89. The van der Waals surface area contributed by atoms with Gasteiger partial charge in [-0.15, -0.1) is 0 Å². The van der Waals surface area contributed by atoms with E-state index < -0.39 is 6.10 Å². The summed E-state index contributed by atoms with van der Waals surface area (Å²) >= 11 is 0. The summed E-state index contributed by atoms with van der Waals surface area (Å²) in [6.45, 7) is 5.33. The molecule has 0 bridgehead atoms. The second-order valence-electron chi connectivity index (χ2n) is 5.11. The number of amides is 1. The number of carbonyl (C=O) groups excluding carboxylic acids is 1. The minimum Gasteiger partial charge on any atom is -0.391 e. The van der Waals surface area contributed by atoms with Gasteiger partial charge >= 0.3 is 0 Å². The van der Waals surface area contributed by atoms with Gasteiger partial charge in [-0.05, 0) is 30.9 Å². The third kappa shape index (κ3) is 6.45. The quantitative estimate of drug-likeness (QED) is 0.741. The van der Waals surface area contributed by atoms with Crippen LogP contribution in [0.4, 0.5) is 0 Å². The van der Waals surface area contributed by atoms with E-state index >= 15 is 0 Å². The Balaban J connectivity index is 2.07. The van der Waals surface area contributed by atoms with Crippen molar-refractivity contribution in [2.75, 3.05) is 6.54 Å². The van der Waals surface area contributed by atoms with E-state index in [2.05, 4.69) is 23.7 Å². The molecule has 1 aromatic heterocycles. The van der Waals surface area contributed by atoms with Crippen molar-refractivity contribution in [3.05, 3.63) is 24.5 Å². The summed E-state index contributed by atoms with van der Waals surface area (Å²) in [5, 5.41) is 12.4. The Bertz CT molecular complexity index is 334. The molecule has 0 aliphatic carbocycles. The molecule has 1 unspecified atom stereocenters. The second kappa shape index (κ2) is 7.93. The molecule has 2 N–H and O–H groups in total. The minimum absolute atomic E-state index is 0.0185. The largest absolute Gasteiger partial charge is 0.391 e. The maximum atomic E-state index is 11.5. The van der Waals surface area contributed by atoms with Crippen molar-refractivity contribution < 1.29 is 9.90 Å². The molecule has 18 heavy (non-hydrogen) atoms. The SMILES string of the molecule is CC(C)CC(O)CNC(=O)CCCn1cccc1. The van der Waals surface area contributed by atoms with Crippen LogP contribution in [0.25, 0.3) is 0 Å². The summed E-state index contributed by atoms with van der Waals surface area (Å²) in [6, 6.07) is 3.95. The molecular formula is C14H24N2O2. The van der Waals surface area contributed by atoms with Gasteiger partial charge in [-0.2, -0.15) is 0 Å². The average molecular weight is 252 g/mol. The second-order valence-corrected chi connectivity index (χ2v) is 5.11. The molecule has 0 saturated carbocycles. The van der Waals surface area contributed by atoms with Crippen molar-refractivity contribution in [3.63, 3.8) is 0 Å². The number of aliphatic hydroxyl groups is 1. The Kier molecular flexibility index (Phi) is 6.50. The van der Waals surface area contributed by atoms with Gasteiger partial charge in [0.1, 0.15) is 0 Å². The van der Waals surface area contributed by atoms with Gasteiger partial charge in [0.15, 0.2) is 0 Å². The molecule has 0 spiro atoms. The first-order valence-electron chi connectivity index (χ1n) is 6.63. The number of rotatable bonds is 8. The van der Waals surface area contributed by atoms with Gasteiger partial charge < -0.3 is 15.0 Å². The number of nitrogens with one attached hydrogen (secondary N) is 1. The van der Waals surface area contributed by atoms with Crippen molar-refractivity contribution in [1.82, 2.24) is 9.88 Å². The predicted molar refractivity (Wildman–Crippen MR) is 72.1 cm³/mol. The number of carbonyl (C=O) groups is 1. The number of nitrogens with zero attached hydrogens (tertiary/aromatic N) is 1. The summed E-state index contributed by atoms with van der Waals surface area (Å²) in [4.78, 5) is 11.5. The highest BCUT2D eigenvalue weighted by Gasteiger charge is 2.08. The molecule has 1 heterocycles. The van der Waals surface area contributed by atoms with E-state index in [9.17, 15) is 9.90 Å². The summed E-state index contributed by atoms with van der Waals surface area (Å²) in [7, 11) is 0. The molecule has 4 heteroatoms. The first-order chi connectivity index (χ1) is 8.58. The average Bonchev–Trinajstić information content (AvgIpc) is 2.78. The highest BCUT2D eigenvalue weighted by Crippen LogP contribution is 2.03. The van der Waals surface area contributed by atoms with Gasteiger partial charge in [0.2, 0.25) is 5.91 Å². The molecule has 102 valence electrons. The molecule has 4 nitrogen and oxygen atoms in total. The number of hydrogen-bond donors (Lipinski definition) is 2. The molecule has 0 aliphatic rings. The lowest BCUT2D eigenvalue weighted by Crippen LogP contribution is -2.32. The zero-order valence-electron chi connectivity index (χ0n) is 11.3. The van der Waals surface area contributed by atoms with Crippen LogP contribution in [-0.4, -0.2) is 28.2 Å². The Hall–Kier alpha value is -1.29. The van der Waals surface area contributed by atoms with E-state index in [0.29, 0.717) is 18.9 Å². The fraction of sp³-hybridized carbons (Fsp3) is 0.643. The zero-order chi connectivity index (χ0) is 13.4. The maximum Gasteiger partial charge on any atom is 0.220 e. The monoisotopic (exact) mass is 252 g/mol. The van der Waals surface area contributed by atoms with E-state index in [4.69, 9.17) is 0 Å². The Morgan fingerprint density at radius 1 is 1.33 bits per heavy atom. The van der Waals surface area contributed by atoms with E-state index in [1.165, 1.54) is 0 Å². The number of aliphatic hydroxyl groups excluding tert-OH is 1. The molecular weight excluding hydrogens is 228 g/mol. The van der Waals surface area contributed by atoms with Gasteiger partial charge in [0.05, 0.1) is 6.10 Å². The highest BCUT2D eigenvalue weighted by molar-refractivity contribution is 5.75. The van der Waals surface area contributed by atoms with Gasteiger partial charge in [0.25, 0.3) is 0 Å². The first kappa shape index (κ1) is 14.8. The van der Waals surface area contributed by atoms with Crippen LogP contribution in [0.5, 0.6) is 0 Å².